The van der Waals surface area contributed by atoms with Gasteiger partial charge in [-0.05, 0) is 57.9 Å². The Kier molecular flexibility index (Phi) is 5.45. The van der Waals surface area contributed by atoms with Crippen molar-refractivity contribution in [3.8, 4) is 11.8 Å². The molecule has 120 valence electrons. The number of allylic oxidation sites excluding steroid dienone is 1. The smallest absolute Gasteiger partial charge is 0.284 e. The second-order valence-corrected chi connectivity index (χ2v) is 5.55. The van der Waals surface area contributed by atoms with Crippen LogP contribution < -0.4 is 4.74 Å². The molecule has 0 saturated heterocycles. The first-order chi connectivity index (χ1) is 11.5. The molecule has 0 unspecified atom stereocenters. The van der Waals surface area contributed by atoms with Crippen LogP contribution in [0.3, 0.4) is 0 Å². The van der Waals surface area contributed by atoms with Crippen molar-refractivity contribution >= 4 is 33.5 Å². The van der Waals surface area contributed by atoms with Crippen LogP contribution in [0.2, 0.25) is 0 Å². The third-order valence-corrected chi connectivity index (χ3v) is 3.87. The van der Waals surface area contributed by atoms with Crippen molar-refractivity contribution < 1.29 is 14.5 Å². The molecule has 0 spiro atoms. The fourth-order valence-electron chi connectivity index (χ4n) is 1.97. The molecule has 0 saturated carbocycles. The minimum absolute atomic E-state index is 0.114. The molecule has 0 amide bonds. The Labute approximate surface area is 146 Å². The van der Waals surface area contributed by atoms with Gasteiger partial charge in [-0.25, -0.2) is 0 Å². The van der Waals surface area contributed by atoms with E-state index in [2.05, 4.69) is 15.9 Å². The highest BCUT2D eigenvalue weighted by Gasteiger charge is 2.15. The van der Waals surface area contributed by atoms with Gasteiger partial charge in [-0.2, -0.15) is 5.26 Å². The van der Waals surface area contributed by atoms with E-state index in [1.807, 2.05) is 6.07 Å². The number of halogens is 1. The number of ketones is 1. The minimum atomic E-state index is -0.543. The zero-order valence-electron chi connectivity index (χ0n) is 12.5. The van der Waals surface area contributed by atoms with E-state index in [0.29, 0.717) is 21.3 Å². The number of carbonyl (C=O) groups excluding carboxylic acids is 1. The van der Waals surface area contributed by atoms with Crippen molar-refractivity contribution in [2.45, 2.75) is 0 Å². The Morgan fingerprint density at radius 2 is 1.96 bits per heavy atom. The van der Waals surface area contributed by atoms with Crippen LogP contribution in [0.1, 0.15) is 15.9 Å². The highest BCUT2D eigenvalue weighted by Crippen LogP contribution is 2.27. The summed E-state index contributed by atoms with van der Waals surface area (Å²) in [7, 11) is 1.51. The quantitative estimate of drug-likeness (QED) is 0.253. The van der Waals surface area contributed by atoms with Crippen molar-refractivity contribution in [3.05, 3.63) is 73.8 Å². The van der Waals surface area contributed by atoms with Gasteiger partial charge in [0.2, 0.25) is 5.78 Å². The molecule has 0 fully saturated rings. The number of nitrogens with zero attached hydrogens (tertiary/aromatic N) is 2. The van der Waals surface area contributed by atoms with Gasteiger partial charge in [0.15, 0.2) is 0 Å². The molecule has 0 heterocycles. The summed E-state index contributed by atoms with van der Waals surface area (Å²) in [4.78, 5) is 22.8. The summed E-state index contributed by atoms with van der Waals surface area (Å²) < 4.78 is 5.34. The molecule has 0 aliphatic rings. The second-order valence-electron chi connectivity index (χ2n) is 4.70. The normalized spacial score (nSPS) is 10.8. The van der Waals surface area contributed by atoms with Crippen molar-refractivity contribution in [3.63, 3.8) is 0 Å². The topological polar surface area (TPSA) is 93.2 Å². The molecule has 0 atom stereocenters. The number of carbonyl (C=O) groups is 1. The third kappa shape index (κ3) is 3.86. The average Bonchev–Trinajstić information content (AvgIpc) is 2.60. The highest BCUT2D eigenvalue weighted by molar-refractivity contribution is 9.10. The number of benzene rings is 2. The predicted octanol–water partition coefficient (Wildman–Crippen LogP) is 4.16. The molecule has 0 aliphatic heterocycles. The summed E-state index contributed by atoms with van der Waals surface area (Å²) in [5.41, 5.74) is 0.466. The molecule has 2 aromatic rings. The summed E-state index contributed by atoms with van der Waals surface area (Å²) in [5.74, 6) is 0.128. The number of methoxy groups -OCH3 is 1. The van der Waals surface area contributed by atoms with E-state index in [0.717, 1.165) is 0 Å². The van der Waals surface area contributed by atoms with Gasteiger partial charge in [-0.3, -0.25) is 14.9 Å². The number of nitro groups is 1. The first kappa shape index (κ1) is 17.4. The van der Waals surface area contributed by atoms with Gasteiger partial charge in [-0.1, -0.05) is 6.07 Å². The van der Waals surface area contributed by atoms with Crippen LogP contribution in [0.5, 0.6) is 5.75 Å². The lowest BCUT2D eigenvalue weighted by molar-refractivity contribution is -0.385. The summed E-state index contributed by atoms with van der Waals surface area (Å²) in [6.45, 7) is 0. The number of nitriles is 1. The Morgan fingerprint density at radius 3 is 2.50 bits per heavy atom. The molecule has 6 nitrogen and oxygen atoms in total. The maximum Gasteiger partial charge on any atom is 0.284 e. The van der Waals surface area contributed by atoms with Crippen molar-refractivity contribution in [1.29, 1.82) is 5.26 Å². The Hall–Kier alpha value is -2.98. The van der Waals surface area contributed by atoms with Crippen molar-refractivity contribution in [2.75, 3.05) is 7.11 Å². The molecular formula is C17H11BrN2O4. The molecule has 0 aromatic heterocycles. The Balaban J connectivity index is 2.38. The van der Waals surface area contributed by atoms with Crippen LogP contribution in [0.4, 0.5) is 5.69 Å². The van der Waals surface area contributed by atoms with Gasteiger partial charge in [0.1, 0.15) is 17.4 Å². The maximum absolute atomic E-state index is 12.4. The van der Waals surface area contributed by atoms with Crippen LogP contribution >= 0.6 is 15.9 Å². The number of rotatable bonds is 5. The standard InChI is InChI=1S/C17H11BrN2O4/c1-24-14-5-3-12(4-6-14)17(21)13(10-19)8-11-2-7-15(18)16(9-11)20(22)23/h2-9H,1H3/b13-8+. The molecule has 2 rings (SSSR count). The number of Topliss-reactive ketones (excluding diaryl/α,β-unsaturated/α-hetero) is 1. The molecule has 24 heavy (non-hydrogen) atoms. The second kappa shape index (κ2) is 7.53. The molecule has 0 bridgehead atoms. The first-order valence-electron chi connectivity index (χ1n) is 6.70. The Morgan fingerprint density at radius 1 is 1.29 bits per heavy atom. The molecule has 0 aliphatic carbocycles. The number of ether oxygens (including phenoxy) is 1. The Bertz CT molecular complexity index is 867. The van der Waals surface area contributed by atoms with E-state index in [-0.39, 0.29) is 11.3 Å². The summed E-state index contributed by atoms with van der Waals surface area (Å²) in [6, 6.07) is 12.5. The van der Waals surface area contributed by atoms with Gasteiger partial charge in [-0.15, -0.1) is 0 Å². The third-order valence-electron chi connectivity index (χ3n) is 3.20. The van der Waals surface area contributed by atoms with Crippen LogP contribution in [-0.2, 0) is 0 Å². The highest BCUT2D eigenvalue weighted by atomic mass is 79.9. The molecule has 0 radical (unpaired) electrons. The van der Waals surface area contributed by atoms with Crippen LogP contribution in [0, 0.1) is 21.4 Å². The van der Waals surface area contributed by atoms with Crippen LogP contribution in [0.15, 0.2) is 52.5 Å². The monoisotopic (exact) mass is 386 g/mol. The van der Waals surface area contributed by atoms with Gasteiger partial charge >= 0.3 is 0 Å². The molecule has 7 heteroatoms. The lowest BCUT2D eigenvalue weighted by Crippen LogP contribution is -2.02. The molecule has 0 N–H and O–H groups in total. The average molecular weight is 387 g/mol. The van der Waals surface area contributed by atoms with E-state index in [9.17, 15) is 20.2 Å². The van der Waals surface area contributed by atoms with Crippen LogP contribution in [-0.4, -0.2) is 17.8 Å². The van der Waals surface area contributed by atoms with Gasteiger partial charge < -0.3 is 4.74 Å². The van der Waals surface area contributed by atoms with Crippen molar-refractivity contribution in [1.82, 2.24) is 0 Å². The van der Waals surface area contributed by atoms with E-state index < -0.39 is 10.7 Å². The molecule has 2 aromatic carbocycles. The first-order valence-corrected chi connectivity index (χ1v) is 7.50. The SMILES string of the molecule is COc1ccc(C(=O)/C(C#N)=C/c2ccc(Br)c([N+](=O)[O-])c2)cc1. The lowest BCUT2D eigenvalue weighted by atomic mass is 10.0. The van der Waals surface area contributed by atoms with E-state index in [1.54, 1.807) is 30.3 Å². The minimum Gasteiger partial charge on any atom is -0.497 e. The summed E-state index contributed by atoms with van der Waals surface area (Å²) in [6.07, 6.45) is 1.33. The van der Waals surface area contributed by atoms with E-state index in [1.165, 1.54) is 25.3 Å². The number of nitro benzene ring substituents is 1. The molecular weight excluding hydrogens is 376 g/mol. The van der Waals surface area contributed by atoms with E-state index in [4.69, 9.17) is 4.74 Å². The van der Waals surface area contributed by atoms with Gasteiger partial charge in [0, 0.05) is 11.6 Å². The zero-order valence-corrected chi connectivity index (χ0v) is 14.1. The summed E-state index contributed by atoms with van der Waals surface area (Å²) in [5, 5.41) is 20.2. The zero-order chi connectivity index (χ0) is 17.7. The largest absolute Gasteiger partial charge is 0.497 e. The lowest BCUT2D eigenvalue weighted by Gasteiger charge is -2.03. The summed E-state index contributed by atoms with van der Waals surface area (Å²) >= 11 is 3.09. The number of hydrogen-bond donors (Lipinski definition) is 0. The fraction of sp³-hybridized carbons (Fsp3) is 0.0588. The van der Waals surface area contributed by atoms with Gasteiger partial charge in [0.25, 0.3) is 5.69 Å². The predicted molar refractivity (Wildman–Crippen MR) is 91.7 cm³/mol. The maximum atomic E-state index is 12.4. The number of hydrogen-bond acceptors (Lipinski definition) is 5. The van der Waals surface area contributed by atoms with E-state index >= 15 is 0 Å². The van der Waals surface area contributed by atoms with Gasteiger partial charge in [0.05, 0.1) is 16.5 Å². The van der Waals surface area contributed by atoms with Crippen molar-refractivity contribution in [2.24, 2.45) is 0 Å². The fourth-order valence-corrected chi connectivity index (χ4v) is 2.36. The van der Waals surface area contributed by atoms with Crippen LogP contribution in [0.25, 0.3) is 6.08 Å².